The van der Waals surface area contributed by atoms with Crippen molar-refractivity contribution in [2.45, 2.75) is 13.3 Å². The normalized spacial score (nSPS) is 10.2. The Morgan fingerprint density at radius 1 is 1.44 bits per heavy atom. The van der Waals surface area contributed by atoms with Crippen LogP contribution < -0.4 is 11.1 Å². The summed E-state index contributed by atoms with van der Waals surface area (Å²) in [6.45, 7) is 2.02. The highest BCUT2D eigenvalue weighted by Crippen LogP contribution is 2.14. The van der Waals surface area contributed by atoms with Gasteiger partial charge in [-0.05, 0) is 6.92 Å². The molecule has 0 fully saturated rings. The van der Waals surface area contributed by atoms with Crippen molar-refractivity contribution in [2.24, 2.45) is 7.05 Å². The van der Waals surface area contributed by atoms with Gasteiger partial charge >= 0.3 is 0 Å². The molecular formula is C11H19N5O2. The maximum Gasteiger partial charge on any atom is 0.271 e. The number of nitrogens with one attached hydrogen (secondary N) is 1. The van der Waals surface area contributed by atoms with Gasteiger partial charge in [0.1, 0.15) is 5.69 Å². The number of anilines is 1. The van der Waals surface area contributed by atoms with Crippen LogP contribution in [0.1, 0.15) is 22.6 Å². The van der Waals surface area contributed by atoms with E-state index in [0.29, 0.717) is 17.1 Å². The molecule has 0 radical (unpaired) electrons. The topological polar surface area (TPSA) is 93.2 Å². The Bertz CT molecular complexity index is 464. The van der Waals surface area contributed by atoms with Crippen LogP contribution in [-0.4, -0.2) is 47.1 Å². The van der Waals surface area contributed by atoms with Gasteiger partial charge in [0.25, 0.3) is 5.91 Å². The molecule has 1 aromatic rings. The van der Waals surface area contributed by atoms with E-state index in [-0.39, 0.29) is 24.8 Å². The van der Waals surface area contributed by atoms with Gasteiger partial charge in [-0.3, -0.25) is 14.3 Å². The van der Waals surface area contributed by atoms with E-state index in [1.54, 1.807) is 28.1 Å². The van der Waals surface area contributed by atoms with Crippen LogP contribution in [0, 0.1) is 6.92 Å². The highest BCUT2D eigenvalue weighted by molar-refractivity contribution is 5.98. The van der Waals surface area contributed by atoms with Gasteiger partial charge in [0.15, 0.2) is 0 Å². The maximum atomic E-state index is 11.9. The summed E-state index contributed by atoms with van der Waals surface area (Å²) in [5, 5.41) is 6.71. The van der Waals surface area contributed by atoms with Crippen LogP contribution >= 0.6 is 0 Å². The molecule has 0 atom stereocenters. The van der Waals surface area contributed by atoms with E-state index in [9.17, 15) is 9.59 Å². The van der Waals surface area contributed by atoms with Crippen LogP contribution in [0.15, 0.2) is 0 Å². The second kappa shape index (κ2) is 5.52. The molecule has 0 saturated carbocycles. The van der Waals surface area contributed by atoms with Gasteiger partial charge in [-0.15, -0.1) is 0 Å². The molecule has 1 rings (SSSR count). The summed E-state index contributed by atoms with van der Waals surface area (Å²) in [5.41, 5.74) is 7.08. The summed E-state index contributed by atoms with van der Waals surface area (Å²) in [6.07, 6.45) is 0.259. The van der Waals surface area contributed by atoms with Gasteiger partial charge in [0.05, 0.1) is 11.4 Å². The number of nitrogens with zero attached hydrogens (tertiary/aromatic N) is 3. The van der Waals surface area contributed by atoms with E-state index < -0.39 is 0 Å². The molecule has 1 aromatic heterocycles. The Morgan fingerprint density at radius 3 is 2.50 bits per heavy atom. The highest BCUT2D eigenvalue weighted by Gasteiger charge is 2.17. The quantitative estimate of drug-likeness (QED) is 0.758. The van der Waals surface area contributed by atoms with Crippen molar-refractivity contribution < 1.29 is 9.59 Å². The minimum absolute atomic E-state index is 0.0375. The first-order chi connectivity index (χ1) is 8.34. The molecule has 0 spiro atoms. The Balaban J connectivity index is 2.59. The number of hydrogen-bond acceptors (Lipinski definition) is 4. The average Bonchev–Trinajstić information content (AvgIpc) is 2.52. The molecule has 7 heteroatoms. The number of aromatic nitrogens is 2. The standard InChI is InChI=1S/C11H19N5O2/c1-7-9(12)10(16(4)14-7)11(18)13-6-5-8(17)15(2)3/h5-6,12H2,1-4H3,(H,13,18). The summed E-state index contributed by atoms with van der Waals surface area (Å²) < 4.78 is 1.44. The van der Waals surface area contributed by atoms with Crippen molar-refractivity contribution in [3.05, 3.63) is 11.4 Å². The van der Waals surface area contributed by atoms with E-state index in [1.807, 2.05) is 0 Å². The number of amides is 2. The van der Waals surface area contributed by atoms with Crippen LogP contribution in [0.5, 0.6) is 0 Å². The zero-order valence-electron chi connectivity index (χ0n) is 11.1. The number of carbonyl (C=O) groups is 2. The van der Waals surface area contributed by atoms with Gasteiger partial charge in [-0.25, -0.2) is 0 Å². The fourth-order valence-electron chi connectivity index (χ4n) is 1.53. The number of hydrogen-bond donors (Lipinski definition) is 2. The summed E-state index contributed by atoms with van der Waals surface area (Å²) in [4.78, 5) is 24.7. The number of nitrogen functional groups attached to an aromatic ring is 1. The van der Waals surface area contributed by atoms with E-state index in [0.717, 1.165) is 0 Å². The molecule has 1 heterocycles. The fraction of sp³-hybridized carbons (Fsp3) is 0.545. The minimum Gasteiger partial charge on any atom is -0.395 e. The summed E-state index contributed by atoms with van der Waals surface area (Å²) in [7, 11) is 5.00. The molecule has 0 saturated heterocycles. The molecule has 0 aliphatic carbocycles. The predicted molar refractivity (Wildman–Crippen MR) is 68.0 cm³/mol. The summed E-state index contributed by atoms with van der Waals surface area (Å²) in [5.74, 6) is -0.355. The third-order valence-corrected chi connectivity index (χ3v) is 2.61. The molecule has 3 N–H and O–H groups in total. The third kappa shape index (κ3) is 2.99. The SMILES string of the molecule is Cc1nn(C)c(C(=O)NCCC(=O)N(C)C)c1N. The Labute approximate surface area is 106 Å². The summed E-state index contributed by atoms with van der Waals surface area (Å²) >= 11 is 0. The van der Waals surface area contributed by atoms with Crippen molar-refractivity contribution in [1.29, 1.82) is 0 Å². The van der Waals surface area contributed by atoms with E-state index in [2.05, 4.69) is 10.4 Å². The van der Waals surface area contributed by atoms with Gasteiger partial charge in [0, 0.05) is 34.1 Å². The van der Waals surface area contributed by atoms with Crippen molar-refractivity contribution in [2.75, 3.05) is 26.4 Å². The van der Waals surface area contributed by atoms with Crippen LogP contribution in [0.2, 0.25) is 0 Å². The lowest BCUT2D eigenvalue weighted by atomic mass is 10.3. The second-order valence-corrected chi connectivity index (χ2v) is 4.27. The molecule has 18 heavy (non-hydrogen) atoms. The molecule has 0 aliphatic rings. The number of rotatable bonds is 4. The fourth-order valence-corrected chi connectivity index (χ4v) is 1.53. The highest BCUT2D eigenvalue weighted by atomic mass is 16.2. The second-order valence-electron chi connectivity index (χ2n) is 4.27. The van der Waals surface area contributed by atoms with Crippen molar-refractivity contribution in [3.8, 4) is 0 Å². The van der Waals surface area contributed by atoms with Crippen LogP contribution in [0.3, 0.4) is 0 Å². The van der Waals surface area contributed by atoms with Crippen molar-refractivity contribution in [1.82, 2.24) is 20.0 Å². The van der Waals surface area contributed by atoms with Crippen LogP contribution in [0.25, 0.3) is 0 Å². The monoisotopic (exact) mass is 253 g/mol. The van der Waals surface area contributed by atoms with Gasteiger partial charge < -0.3 is 16.0 Å². The third-order valence-electron chi connectivity index (χ3n) is 2.61. The Hall–Kier alpha value is -2.05. The summed E-state index contributed by atoms with van der Waals surface area (Å²) in [6, 6.07) is 0. The average molecular weight is 253 g/mol. The predicted octanol–water partition coefficient (Wildman–Crippen LogP) is -0.481. The van der Waals surface area contributed by atoms with E-state index in [1.165, 1.54) is 9.58 Å². The first kappa shape index (κ1) is 14.0. The minimum atomic E-state index is -0.317. The Morgan fingerprint density at radius 2 is 2.06 bits per heavy atom. The molecule has 7 nitrogen and oxygen atoms in total. The molecule has 0 aromatic carbocycles. The van der Waals surface area contributed by atoms with Gasteiger partial charge in [-0.2, -0.15) is 5.10 Å². The molecule has 0 aliphatic heterocycles. The van der Waals surface area contributed by atoms with Gasteiger partial charge in [-0.1, -0.05) is 0 Å². The molecule has 0 unspecified atom stereocenters. The smallest absolute Gasteiger partial charge is 0.271 e. The largest absolute Gasteiger partial charge is 0.395 e. The molecule has 2 amide bonds. The van der Waals surface area contributed by atoms with Crippen molar-refractivity contribution in [3.63, 3.8) is 0 Å². The van der Waals surface area contributed by atoms with Crippen LogP contribution in [-0.2, 0) is 11.8 Å². The lowest BCUT2D eigenvalue weighted by Gasteiger charge is -2.10. The lowest BCUT2D eigenvalue weighted by molar-refractivity contribution is -0.128. The van der Waals surface area contributed by atoms with E-state index >= 15 is 0 Å². The first-order valence-electron chi connectivity index (χ1n) is 5.62. The molecule has 0 bridgehead atoms. The molecule has 100 valence electrons. The van der Waals surface area contributed by atoms with E-state index in [4.69, 9.17) is 5.73 Å². The number of nitrogens with two attached hydrogens (primary N) is 1. The zero-order chi connectivity index (χ0) is 13.9. The number of aryl methyl sites for hydroxylation is 2. The Kier molecular flexibility index (Phi) is 4.30. The zero-order valence-corrected chi connectivity index (χ0v) is 11.1. The number of carbonyl (C=O) groups excluding carboxylic acids is 2. The van der Waals surface area contributed by atoms with Crippen molar-refractivity contribution >= 4 is 17.5 Å². The first-order valence-corrected chi connectivity index (χ1v) is 5.62. The van der Waals surface area contributed by atoms with Crippen LogP contribution in [0.4, 0.5) is 5.69 Å². The van der Waals surface area contributed by atoms with Gasteiger partial charge in [0.2, 0.25) is 5.91 Å². The maximum absolute atomic E-state index is 11.9. The molecular weight excluding hydrogens is 234 g/mol. The lowest BCUT2D eigenvalue weighted by Crippen LogP contribution is -2.31.